The van der Waals surface area contributed by atoms with Gasteiger partial charge in [-0.05, 0) is 55.1 Å². The van der Waals surface area contributed by atoms with Crippen LogP contribution < -0.4 is 0 Å². The van der Waals surface area contributed by atoms with Gasteiger partial charge in [-0.25, -0.2) is 0 Å². The van der Waals surface area contributed by atoms with Gasteiger partial charge in [-0.1, -0.05) is 32.4 Å². The zero-order valence-electron chi connectivity index (χ0n) is 14.7. The zero-order valence-corrected chi connectivity index (χ0v) is 14.7. The van der Waals surface area contributed by atoms with Crippen LogP contribution in [0.15, 0.2) is 23.3 Å². The van der Waals surface area contributed by atoms with Gasteiger partial charge in [0.25, 0.3) is 0 Å². The molecule has 4 atom stereocenters. The Balaban J connectivity index is 2.07. The van der Waals surface area contributed by atoms with Crippen molar-refractivity contribution in [3.05, 3.63) is 23.3 Å². The summed E-state index contributed by atoms with van der Waals surface area (Å²) in [5, 5.41) is 9.51. The fourth-order valence-corrected chi connectivity index (χ4v) is 5.14. The Labute approximate surface area is 138 Å². The van der Waals surface area contributed by atoms with E-state index in [1.807, 2.05) is 6.92 Å². The highest BCUT2D eigenvalue weighted by Crippen LogP contribution is 2.61. The summed E-state index contributed by atoms with van der Waals surface area (Å²) in [5.41, 5.74) is 1.29. The molecule has 0 radical (unpaired) electrons. The normalized spacial score (nSPS) is 40.4. The lowest BCUT2D eigenvalue weighted by molar-refractivity contribution is -0.149. The maximum Gasteiger partial charge on any atom is 0.169 e. The fourth-order valence-electron chi connectivity index (χ4n) is 5.14. The molecule has 3 nitrogen and oxygen atoms in total. The molecule has 0 spiro atoms. The smallest absolute Gasteiger partial charge is 0.169 e. The molecule has 0 unspecified atom stereocenters. The molecule has 23 heavy (non-hydrogen) atoms. The average Bonchev–Trinajstić information content (AvgIpc) is 2.65. The van der Waals surface area contributed by atoms with Gasteiger partial charge < -0.3 is 5.11 Å². The number of aliphatic hydroxyl groups excluding tert-OH is 1. The summed E-state index contributed by atoms with van der Waals surface area (Å²) in [4.78, 5) is 25.7. The van der Waals surface area contributed by atoms with Crippen molar-refractivity contribution in [1.82, 2.24) is 0 Å². The Kier molecular flexibility index (Phi) is 3.91. The molecule has 1 N–H and O–H groups in total. The van der Waals surface area contributed by atoms with Crippen LogP contribution >= 0.6 is 0 Å². The molecule has 0 aromatic heterocycles. The molecule has 126 valence electrons. The molecule has 1 fully saturated rings. The maximum atomic E-state index is 13.0. The quantitative estimate of drug-likeness (QED) is 0.627. The maximum absolute atomic E-state index is 13.0. The Hall–Kier alpha value is -1.22. The second-order valence-electron chi connectivity index (χ2n) is 8.47. The van der Waals surface area contributed by atoms with Crippen LogP contribution in [0.4, 0.5) is 0 Å². The molecule has 0 amide bonds. The Morgan fingerprint density at radius 1 is 1.30 bits per heavy atom. The van der Waals surface area contributed by atoms with Gasteiger partial charge in [0.1, 0.15) is 5.78 Å². The van der Waals surface area contributed by atoms with Crippen molar-refractivity contribution in [3.63, 3.8) is 0 Å². The van der Waals surface area contributed by atoms with E-state index >= 15 is 0 Å². The summed E-state index contributed by atoms with van der Waals surface area (Å²) >= 11 is 0. The number of aliphatic hydroxyl groups is 1. The van der Waals surface area contributed by atoms with Crippen LogP contribution in [-0.2, 0) is 9.59 Å². The highest BCUT2D eigenvalue weighted by atomic mass is 16.3. The molecule has 3 heteroatoms. The number of fused-ring (bicyclic) bond motifs is 3. The predicted octanol–water partition coefficient (Wildman–Crippen LogP) is 3.47. The van der Waals surface area contributed by atoms with E-state index in [1.54, 1.807) is 6.08 Å². The molecule has 0 aromatic rings. The summed E-state index contributed by atoms with van der Waals surface area (Å²) in [6.45, 7) is 8.42. The third-order valence-corrected chi connectivity index (χ3v) is 6.74. The molecule has 0 heterocycles. The number of hydrogen-bond donors (Lipinski definition) is 1. The van der Waals surface area contributed by atoms with Crippen molar-refractivity contribution in [2.24, 2.45) is 28.6 Å². The number of carbonyl (C=O) groups is 2. The fraction of sp³-hybridized carbons (Fsp3) is 0.700. The van der Waals surface area contributed by atoms with Gasteiger partial charge in [0.2, 0.25) is 0 Å². The number of rotatable bonds is 2. The van der Waals surface area contributed by atoms with E-state index in [0.29, 0.717) is 12.3 Å². The molecule has 3 aliphatic rings. The summed E-state index contributed by atoms with van der Waals surface area (Å²) in [6, 6.07) is 0. The van der Waals surface area contributed by atoms with Crippen molar-refractivity contribution in [3.8, 4) is 0 Å². The van der Waals surface area contributed by atoms with E-state index < -0.39 is 5.41 Å². The van der Waals surface area contributed by atoms with E-state index in [4.69, 9.17) is 0 Å². The number of hydrogen-bond acceptors (Lipinski definition) is 3. The third-order valence-electron chi connectivity index (χ3n) is 6.74. The average molecular weight is 316 g/mol. The molecular formula is C20H28O3. The van der Waals surface area contributed by atoms with Gasteiger partial charge >= 0.3 is 0 Å². The van der Waals surface area contributed by atoms with E-state index in [0.717, 1.165) is 30.4 Å². The summed E-state index contributed by atoms with van der Waals surface area (Å²) in [7, 11) is 0. The first-order chi connectivity index (χ1) is 10.7. The summed E-state index contributed by atoms with van der Waals surface area (Å²) in [6.07, 6.45) is 7.02. The highest BCUT2D eigenvalue weighted by molar-refractivity contribution is 6.15. The van der Waals surface area contributed by atoms with Crippen LogP contribution in [0.2, 0.25) is 0 Å². The summed E-state index contributed by atoms with van der Waals surface area (Å²) < 4.78 is 0. The van der Waals surface area contributed by atoms with Crippen LogP contribution in [0.3, 0.4) is 0 Å². The standard InChI is InChI=1S/C20H28O3/c1-12(2)14-9-16(22)20(4)17(23)10-19(3)8-7-13(11-21)5-6-15(19)18(14)20/h7,9,12,15,18,21H,5-6,8,10-11H2,1-4H3/t15-,18-,19-,20+/m1/s1. The number of allylic oxidation sites excluding steroid dienone is 3. The lowest BCUT2D eigenvalue weighted by atomic mass is 9.50. The Morgan fingerprint density at radius 2 is 2.00 bits per heavy atom. The molecule has 1 saturated carbocycles. The predicted molar refractivity (Wildman–Crippen MR) is 89.8 cm³/mol. The van der Waals surface area contributed by atoms with Crippen LogP contribution in [0.1, 0.15) is 53.4 Å². The largest absolute Gasteiger partial charge is 0.392 e. The highest BCUT2D eigenvalue weighted by Gasteiger charge is 2.62. The number of ketones is 2. The van der Waals surface area contributed by atoms with Crippen molar-refractivity contribution in [2.75, 3.05) is 6.61 Å². The molecule has 0 aliphatic heterocycles. The van der Waals surface area contributed by atoms with Gasteiger partial charge in [0.05, 0.1) is 12.0 Å². The van der Waals surface area contributed by atoms with Gasteiger partial charge in [0.15, 0.2) is 5.78 Å². The van der Waals surface area contributed by atoms with Gasteiger partial charge in [-0.15, -0.1) is 0 Å². The summed E-state index contributed by atoms with van der Waals surface area (Å²) in [5.74, 6) is 0.768. The first-order valence-electron chi connectivity index (χ1n) is 8.82. The first-order valence-corrected chi connectivity index (χ1v) is 8.82. The van der Waals surface area contributed by atoms with E-state index in [-0.39, 0.29) is 35.4 Å². The van der Waals surface area contributed by atoms with Gasteiger partial charge in [-0.3, -0.25) is 9.59 Å². The topological polar surface area (TPSA) is 54.4 Å². The minimum atomic E-state index is -0.854. The monoisotopic (exact) mass is 316 g/mol. The second kappa shape index (κ2) is 5.41. The Bertz CT molecular complexity index is 612. The Morgan fingerprint density at radius 3 is 2.61 bits per heavy atom. The molecular weight excluding hydrogens is 288 g/mol. The minimum absolute atomic E-state index is 0.0119. The molecule has 3 rings (SSSR count). The SMILES string of the molecule is CC(C)C1=CC(=O)[C@@]2(C)C(=O)C[C@@]3(C)CC=C(CO)CC[C@@H]3[C@@H]12. The second-order valence-corrected chi connectivity index (χ2v) is 8.47. The van der Waals surface area contributed by atoms with E-state index in [1.165, 1.54) is 0 Å². The van der Waals surface area contributed by atoms with Crippen molar-refractivity contribution >= 4 is 11.6 Å². The van der Waals surface area contributed by atoms with E-state index in [2.05, 4.69) is 26.8 Å². The minimum Gasteiger partial charge on any atom is -0.392 e. The third kappa shape index (κ3) is 2.27. The van der Waals surface area contributed by atoms with Crippen LogP contribution in [-0.4, -0.2) is 23.3 Å². The number of carbonyl (C=O) groups excluding carboxylic acids is 2. The van der Waals surface area contributed by atoms with Crippen molar-refractivity contribution in [1.29, 1.82) is 0 Å². The zero-order chi connectivity index (χ0) is 17.0. The molecule has 0 bridgehead atoms. The van der Waals surface area contributed by atoms with Crippen LogP contribution in [0.25, 0.3) is 0 Å². The van der Waals surface area contributed by atoms with Gasteiger partial charge in [0, 0.05) is 12.3 Å². The van der Waals surface area contributed by atoms with Crippen LogP contribution in [0, 0.1) is 28.6 Å². The van der Waals surface area contributed by atoms with Gasteiger partial charge in [-0.2, -0.15) is 0 Å². The van der Waals surface area contributed by atoms with E-state index in [9.17, 15) is 14.7 Å². The van der Waals surface area contributed by atoms with Crippen molar-refractivity contribution < 1.29 is 14.7 Å². The first kappa shape index (κ1) is 16.6. The molecule has 0 aromatic carbocycles. The lowest BCUT2D eigenvalue weighted by Crippen LogP contribution is -2.53. The molecule has 3 aliphatic carbocycles. The van der Waals surface area contributed by atoms with Crippen molar-refractivity contribution in [2.45, 2.75) is 53.4 Å². The lowest BCUT2D eigenvalue weighted by Gasteiger charge is -2.51. The molecule has 0 saturated heterocycles. The van der Waals surface area contributed by atoms with Crippen LogP contribution in [0.5, 0.6) is 0 Å². The number of Topliss-reactive ketones (excluding diaryl/α,β-unsaturated/α-hetero) is 1.